The number of hydrogen-bond donors (Lipinski definition) is 1. The van der Waals surface area contributed by atoms with Gasteiger partial charge in [-0.2, -0.15) is 0 Å². The number of aromatic nitrogens is 2. The normalized spacial score (nSPS) is 15.0. The fraction of sp³-hybridized carbons (Fsp3) is 0.286. The van der Waals surface area contributed by atoms with Gasteiger partial charge in [0.25, 0.3) is 10.0 Å². The SMILES string of the molecule is O=S(=O)(Nc1ccc(N2CCCC2)nn1)c1ccc(F)cc1. The Morgan fingerprint density at radius 2 is 1.68 bits per heavy atom. The third-order valence-corrected chi connectivity index (χ3v) is 4.81. The first-order valence-electron chi connectivity index (χ1n) is 6.92. The first kappa shape index (κ1) is 14.7. The van der Waals surface area contributed by atoms with Crippen molar-refractivity contribution in [1.82, 2.24) is 10.2 Å². The lowest BCUT2D eigenvalue weighted by Gasteiger charge is -2.15. The summed E-state index contributed by atoms with van der Waals surface area (Å²) < 4.78 is 39.5. The lowest BCUT2D eigenvalue weighted by atomic mass is 10.4. The largest absolute Gasteiger partial charge is 0.355 e. The van der Waals surface area contributed by atoms with Crippen LogP contribution in [-0.4, -0.2) is 31.7 Å². The summed E-state index contributed by atoms with van der Waals surface area (Å²) in [6.07, 6.45) is 2.25. The molecule has 1 saturated heterocycles. The van der Waals surface area contributed by atoms with Gasteiger partial charge in [-0.25, -0.2) is 12.8 Å². The lowest BCUT2D eigenvalue weighted by Crippen LogP contribution is -2.20. The lowest BCUT2D eigenvalue weighted by molar-refractivity contribution is 0.599. The zero-order valence-corrected chi connectivity index (χ0v) is 12.6. The fourth-order valence-electron chi connectivity index (χ4n) is 2.30. The minimum atomic E-state index is -3.79. The number of rotatable bonds is 4. The van der Waals surface area contributed by atoms with Gasteiger partial charge in [0.2, 0.25) is 0 Å². The molecule has 2 heterocycles. The van der Waals surface area contributed by atoms with Crippen molar-refractivity contribution in [3.63, 3.8) is 0 Å². The average Bonchev–Trinajstić information content (AvgIpc) is 3.02. The van der Waals surface area contributed by atoms with Crippen LogP contribution in [0.25, 0.3) is 0 Å². The van der Waals surface area contributed by atoms with Crippen molar-refractivity contribution in [3.8, 4) is 0 Å². The summed E-state index contributed by atoms with van der Waals surface area (Å²) in [7, 11) is -3.79. The van der Waals surface area contributed by atoms with Gasteiger partial charge in [0, 0.05) is 13.1 Å². The molecule has 1 fully saturated rings. The molecule has 8 heteroatoms. The molecule has 1 aromatic carbocycles. The number of nitrogens with one attached hydrogen (secondary N) is 1. The van der Waals surface area contributed by atoms with Crippen LogP contribution < -0.4 is 9.62 Å². The van der Waals surface area contributed by atoms with Gasteiger partial charge in [0.1, 0.15) is 5.82 Å². The van der Waals surface area contributed by atoms with Crippen molar-refractivity contribution >= 4 is 21.7 Å². The van der Waals surface area contributed by atoms with E-state index in [0.717, 1.165) is 43.9 Å². The van der Waals surface area contributed by atoms with Gasteiger partial charge in [-0.15, -0.1) is 10.2 Å². The fourth-order valence-corrected chi connectivity index (χ4v) is 3.30. The molecule has 2 aromatic rings. The Morgan fingerprint density at radius 1 is 1.00 bits per heavy atom. The minimum absolute atomic E-state index is 0.0284. The number of benzene rings is 1. The smallest absolute Gasteiger partial charge is 0.263 e. The predicted octanol–water partition coefficient (Wildman–Crippen LogP) is 2.02. The molecule has 1 N–H and O–H groups in total. The van der Waals surface area contributed by atoms with E-state index in [-0.39, 0.29) is 10.7 Å². The highest BCUT2D eigenvalue weighted by Crippen LogP contribution is 2.19. The second kappa shape index (κ2) is 5.88. The van der Waals surface area contributed by atoms with Gasteiger partial charge in [-0.05, 0) is 49.2 Å². The van der Waals surface area contributed by atoms with E-state index in [1.165, 1.54) is 12.1 Å². The average molecular weight is 322 g/mol. The number of nitrogens with zero attached hydrogens (tertiary/aromatic N) is 3. The third-order valence-electron chi connectivity index (χ3n) is 3.44. The number of halogens is 1. The van der Waals surface area contributed by atoms with Crippen LogP contribution in [0.15, 0.2) is 41.3 Å². The Morgan fingerprint density at radius 3 is 2.27 bits per heavy atom. The predicted molar refractivity (Wildman–Crippen MR) is 80.7 cm³/mol. The highest BCUT2D eigenvalue weighted by atomic mass is 32.2. The van der Waals surface area contributed by atoms with Crippen LogP contribution in [0.1, 0.15) is 12.8 Å². The number of anilines is 2. The van der Waals surface area contributed by atoms with Crippen molar-refractivity contribution in [2.75, 3.05) is 22.7 Å². The molecule has 1 aliphatic rings. The summed E-state index contributed by atoms with van der Waals surface area (Å²) in [6, 6.07) is 7.89. The standard InChI is InChI=1S/C14H15FN4O2S/c15-11-3-5-12(6-4-11)22(20,21)18-13-7-8-14(17-16-13)19-9-1-2-10-19/h3-8H,1-2,9-10H2,(H,16,18). The maximum atomic E-state index is 12.9. The Balaban J connectivity index is 1.75. The van der Waals surface area contributed by atoms with Crippen LogP contribution in [0.4, 0.5) is 16.0 Å². The van der Waals surface area contributed by atoms with Crippen LogP contribution >= 0.6 is 0 Å². The number of sulfonamides is 1. The Bertz CT molecular complexity index is 741. The molecular weight excluding hydrogens is 307 g/mol. The first-order valence-corrected chi connectivity index (χ1v) is 8.40. The Kier molecular flexibility index (Phi) is 3.93. The molecule has 0 radical (unpaired) electrons. The molecule has 0 unspecified atom stereocenters. The summed E-state index contributed by atoms with van der Waals surface area (Å²) >= 11 is 0. The molecule has 1 aliphatic heterocycles. The van der Waals surface area contributed by atoms with E-state index >= 15 is 0 Å². The van der Waals surface area contributed by atoms with E-state index in [4.69, 9.17) is 0 Å². The van der Waals surface area contributed by atoms with Crippen molar-refractivity contribution < 1.29 is 12.8 Å². The van der Waals surface area contributed by atoms with E-state index < -0.39 is 15.8 Å². The summed E-state index contributed by atoms with van der Waals surface area (Å²) in [4.78, 5) is 2.07. The van der Waals surface area contributed by atoms with Crippen LogP contribution in [0.2, 0.25) is 0 Å². The number of hydrogen-bond acceptors (Lipinski definition) is 5. The quantitative estimate of drug-likeness (QED) is 0.932. The molecule has 1 aromatic heterocycles. The molecule has 3 rings (SSSR count). The van der Waals surface area contributed by atoms with E-state index in [1.54, 1.807) is 12.1 Å². The molecule has 0 atom stereocenters. The second-order valence-corrected chi connectivity index (χ2v) is 6.71. The summed E-state index contributed by atoms with van der Waals surface area (Å²) in [6.45, 7) is 1.88. The van der Waals surface area contributed by atoms with Gasteiger partial charge in [-0.3, -0.25) is 4.72 Å². The molecule has 0 aliphatic carbocycles. The second-order valence-electron chi connectivity index (χ2n) is 5.03. The molecule has 0 bridgehead atoms. The van der Waals surface area contributed by atoms with E-state index in [9.17, 15) is 12.8 Å². The molecular formula is C14H15FN4O2S. The van der Waals surface area contributed by atoms with Crippen LogP contribution in [-0.2, 0) is 10.0 Å². The summed E-state index contributed by atoms with van der Waals surface area (Å²) in [5, 5.41) is 7.94. The summed E-state index contributed by atoms with van der Waals surface area (Å²) in [5.74, 6) is 0.378. The first-order chi connectivity index (χ1) is 10.5. The van der Waals surface area contributed by atoms with E-state index in [1.807, 2.05) is 0 Å². The van der Waals surface area contributed by atoms with Gasteiger partial charge >= 0.3 is 0 Å². The zero-order chi connectivity index (χ0) is 15.6. The van der Waals surface area contributed by atoms with Crippen LogP contribution in [0, 0.1) is 5.82 Å². The minimum Gasteiger partial charge on any atom is -0.355 e. The summed E-state index contributed by atoms with van der Waals surface area (Å²) in [5.41, 5.74) is 0. The van der Waals surface area contributed by atoms with Gasteiger partial charge in [0.05, 0.1) is 4.90 Å². The van der Waals surface area contributed by atoms with E-state index in [0.29, 0.717) is 0 Å². The van der Waals surface area contributed by atoms with Crippen molar-refractivity contribution in [1.29, 1.82) is 0 Å². The maximum Gasteiger partial charge on any atom is 0.263 e. The van der Waals surface area contributed by atoms with Crippen molar-refractivity contribution in [3.05, 3.63) is 42.2 Å². The maximum absolute atomic E-state index is 12.9. The van der Waals surface area contributed by atoms with Crippen molar-refractivity contribution in [2.45, 2.75) is 17.7 Å². The molecule has 116 valence electrons. The molecule has 6 nitrogen and oxygen atoms in total. The van der Waals surface area contributed by atoms with Crippen LogP contribution in [0.3, 0.4) is 0 Å². The molecule has 0 amide bonds. The molecule has 0 saturated carbocycles. The monoisotopic (exact) mass is 322 g/mol. The van der Waals surface area contributed by atoms with Crippen LogP contribution in [0.5, 0.6) is 0 Å². The van der Waals surface area contributed by atoms with Gasteiger partial charge < -0.3 is 4.90 Å². The Labute approximate surface area is 128 Å². The van der Waals surface area contributed by atoms with Crippen molar-refractivity contribution in [2.24, 2.45) is 0 Å². The molecule has 0 spiro atoms. The van der Waals surface area contributed by atoms with E-state index in [2.05, 4.69) is 19.8 Å². The molecule has 22 heavy (non-hydrogen) atoms. The van der Waals surface area contributed by atoms with Gasteiger partial charge in [-0.1, -0.05) is 0 Å². The topological polar surface area (TPSA) is 75.2 Å². The Hall–Kier alpha value is -2.22. The van der Waals surface area contributed by atoms with Gasteiger partial charge in [0.15, 0.2) is 11.6 Å². The zero-order valence-electron chi connectivity index (χ0n) is 11.7. The highest BCUT2D eigenvalue weighted by Gasteiger charge is 2.17. The third kappa shape index (κ3) is 3.16. The highest BCUT2D eigenvalue weighted by molar-refractivity contribution is 7.92.